The van der Waals surface area contributed by atoms with Gasteiger partial charge in [-0.05, 0) is 61.5 Å². The monoisotopic (exact) mass is 503 g/mol. The first-order valence-corrected chi connectivity index (χ1v) is 12.9. The molecule has 0 spiro atoms. The van der Waals surface area contributed by atoms with Gasteiger partial charge in [-0.25, -0.2) is 4.39 Å². The lowest BCUT2D eigenvalue weighted by Crippen LogP contribution is -2.46. The van der Waals surface area contributed by atoms with Gasteiger partial charge in [0.1, 0.15) is 11.7 Å². The third-order valence-electron chi connectivity index (χ3n) is 6.93. The van der Waals surface area contributed by atoms with E-state index in [1.54, 1.807) is 24.0 Å². The molecule has 2 heterocycles. The van der Waals surface area contributed by atoms with Crippen LogP contribution in [0.3, 0.4) is 0 Å². The SMILES string of the molecule is CCOC(=O)C1C(=O)C2=C(CC1c1cccs1)N(c1ccc(C)cc1)C(=O)CC2c1ccc(F)cc1. The Hall–Kier alpha value is -3.58. The highest BCUT2D eigenvalue weighted by Gasteiger charge is 2.50. The number of nitrogens with zero attached hydrogens (tertiary/aromatic N) is 1. The number of aryl methyl sites for hydroxylation is 1. The first kappa shape index (κ1) is 24.1. The van der Waals surface area contributed by atoms with Gasteiger partial charge >= 0.3 is 5.97 Å². The first-order chi connectivity index (χ1) is 17.4. The van der Waals surface area contributed by atoms with E-state index >= 15 is 0 Å². The number of hydrogen-bond donors (Lipinski definition) is 0. The van der Waals surface area contributed by atoms with Crippen LogP contribution in [0.1, 0.15) is 47.6 Å². The molecule has 0 fully saturated rings. The van der Waals surface area contributed by atoms with E-state index in [1.165, 1.54) is 23.5 Å². The fourth-order valence-electron chi connectivity index (χ4n) is 5.28. The molecule has 5 nitrogen and oxygen atoms in total. The Morgan fingerprint density at radius 3 is 2.42 bits per heavy atom. The molecule has 0 saturated heterocycles. The smallest absolute Gasteiger partial charge is 0.317 e. The number of ketones is 1. The molecular weight excluding hydrogens is 477 g/mol. The van der Waals surface area contributed by atoms with Crippen LogP contribution in [0, 0.1) is 18.7 Å². The minimum atomic E-state index is -1.00. The minimum Gasteiger partial charge on any atom is -0.465 e. The Balaban J connectivity index is 1.71. The summed E-state index contributed by atoms with van der Waals surface area (Å²) in [6.45, 7) is 3.86. The maximum atomic E-state index is 14.2. The van der Waals surface area contributed by atoms with Crippen molar-refractivity contribution >= 4 is 34.7 Å². The highest BCUT2D eigenvalue weighted by Crippen LogP contribution is 2.50. The Bertz CT molecular complexity index is 1330. The molecule has 36 heavy (non-hydrogen) atoms. The molecule has 1 aliphatic heterocycles. The lowest BCUT2D eigenvalue weighted by atomic mass is 9.69. The molecule has 1 aromatic heterocycles. The number of esters is 1. The normalized spacial score (nSPS) is 22.0. The fraction of sp³-hybridized carbons (Fsp3) is 0.276. The number of amides is 1. The summed E-state index contributed by atoms with van der Waals surface area (Å²) in [5, 5.41) is 1.91. The third-order valence-corrected chi connectivity index (χ3v) is 7.94. The summed E-state index contributed by atoms with van der Waals surface area (Å²) in [6.07, 6.45) is 0.381. The number of benzene rings is 2. The molecule has 2 aromatic carbocycles. The van der Waals surface area contributed by atoms with Gasteiger partial charge in [-0.15, -0.1) is 11.3 Å². The van der Waals surface area contributed by atoms with Crippen LogP contribution in [0.15, 0.2) is 77.3 Å². The van der Waals surface area contributed by atoms with Crippen LogP contribution in [0.2, 0.25) is 0 Å². The average molecular weight is 504 g/mol. The van der Waals surface area contributed by atoms with Gasteiger partial charge in [0, 0.05) is 40.1 Å². The van der Waals surface area contributed by atoms with Gasteiger partial charge in [0.25, 0.3) is 0 Å². The molecular formula is C29H26FNO4S. The van der Waals surface area contributed by atoms with Crippen molar-refractivity contribution in [3.8, 4) is 0 Å². The summed E-state index contributed by atoms with van der Waals surface area (Å²) in [6, 6.07) is 17.3. The quantitative estimate of drug-likeness (QED) is 0.321. The van der Waals surface area contributed by atoms with Gasteiger partial charge in [-0.1, -0.05) is 35.9 Å². The Morgan fingerprint density at radius 1 is 1.06 bits per heavy atom. The lowest BCUT2D eigenvalue weighted by molar-refractivity contribution is -0.152. The van der Waals surface area contributed by atoms with Crippen molar-refractivity contribution in [2.75, 3.05) is 11.5 Å². The Kier molecular flexibility index (Phi) is 6.58. The predicted molar refractivity (Wildman–Crippen MR) is 136 cm³/mol. The van der Waals surface area contributed by atoms with Crippen molar-refractivity contribution in [2.45, 2.75) is 38.5 Å². The number of Topliss-reactive ketones (excluding diaryl/α,β-unsaturated/α-hetero) is 1. The first-order valence-electron chi connectivity index (χ1n) is 12.0. The van der Waals surface area contributed by atoms with Crippen molar-refractivity contribution < 1.29 is 23.5 Å². The van der Waals surface area contributed by atoms with Gasteiger partial charge in [0.2, 0.25) is 5.91 Å². The molecule has 0 radical (unpaired) electrons. The van der Waals surface area contributed by atoms with E-state index in [-0.39, 0.29) is 24.7 Å². The van der Waals surface area contributed by atoms with Crippen molar-refractivity contribution in [3.63, 3.8) is 0 Å². The van der Waals surface area contributed by atoms with Crippen LogP contribution in [0.25, 0.3) is 0 Å². The zero-order valence-electron chi connectivity index (χ0n) is 20.1. The maximum Gasteiger partial charge on any atom is 0.317 e. The van der Waals surface area contributed by atoms with E-state index in [0.717, 1.165) is 10.4 Å². The highest BCUT2D eigenvalue weighted by molar-refractivity contribution is 7.10. The number of allylic oxidation sites excluding steroid dienone is 2. The van der Waals surface area contributed by atoms with Crippen LogP contribution in [0.5, 0.6) is 0 Å². The van der Waals surface area contributed by atoms with Crippen LogP contribution in [0.4, 0.5) is 10.1 Å². The van der Waals surface area contributed by atoms with E-state index in [0.29, 0.717) is 28.9 Å². The molecule has 1 aliphatic carbocycles. The fourth-order valence-corrected chi connectivity index (χ4v) is 6.14. The second-order valence-electron chi connectivity index (χ2n) is 9.15. The molecule has 0 N–H and O–H groups in total. The van der Waals surface area contributed by atoms with Crippen LogP contribution in [-0.2, 0) is 19.1 Å². The van der Waals surface area contributed by atoms with Crippen LogP contribution < -0.4 is 4.90 Å². The maximum absolute atomic E-state index is 14.2. The highest BCUT2D eigenvalue weighted by atomic mass is 32.1. The van der Waals surface area contributed by atoms with E-state index in [9.17, 15) is 18.8 Å². The summed E-state index contributed by atoms with van der Waals surface area (Å²) in [4.78, 5) is 43.5. The van der Waals surface area contributed by atoms with E-state index in [4.69, 9.17) is 4.74 Å². The molecule has 3 aromatic rings. The van der Waals surface area contributed by atoms with Crippen LogP contribution >= 0.6 is 11.3 Å². The third kappa shape index (κ3) is 4.28. The molecule has 7 heteroatoms. The largest absolute Gasteiger partial charge is 0.465 e. The van der Waals surface area contributed by atoms with Crippen molar-refractivity contribution in [2.24, 2.45) is 5.92 Å². The predicted octanol–water partition coefficient (Wildman–Crippen LogP) is 5.91. The molecule has 3 atom stereocenters. The number of anilines is 1. The molecule has 5 rings (SSSR count). The van der Waals surface area contributed by atoms with Gasteiger partial charge in [0.15, 0.2) is 5.78 Å². The average Bonchev–Trinajstić information content (AvgIpc) is 3.40. The summed E-state index contributed by atoms with van der Waals surface area (Å²) >= 11 is 1.48. The number of rotatable bonds is 5. The second-order valence-corrected chi connectivity index (χ2v) is 10.1. The lowest BCUT2D eigenvalue weighted by Gasteiger charge is -2.42. The summed E-state index contributed by atoms with van der Waals surface area (Å²) in [7, 11) is 0. The summed E-state index contributed by atoms with van der Waals surface area (Å²) in [5.41, 5.74) is 3.45. The Labute approximate surface area is 213 Å². The van der Waals surface area contributed by atoms with Gasteiger partial charge < -0.3 is 4.74 Å². The van der Waals surface area contributed by atoms with Crippen molar-refractivity contribution in [3.05, 3.63) is 99.1 Å². The van der Waals surface area contributed by atoms with Gasteiger partial charge in [-0.3, -0.25) is 19.3 Å². The standard InChI is InChI=1S/C29H26FNO4S/c1-3-35-29(34)27-22(24-5-4-14-36-24)15-23-26(28(27)33)21(18-8-10-19(30)11-9-18)16-25(32)31(23)20-12-6-17(2)7-13-20/h4-14,21-22,27H,3,15-16H2,1-2H3. The zero-order chi connectivity index (χ0) is 25.4. The topological polar surface area (TPSA) is 63.7 Å². The number of carbonyl (C=O) groups is 3. The zero-order valence-corrected chi connectivity index (χ0v) is 20.9. The number of carbonyl (C=O) groups excluding carboxylic acids is 3. The summed E-state index contributed by atoms with van der Waals surface area (Å²) < 4.78 is 19.1. The molecule has 0 saturated carbocycles. The van der Waals surface area contributed by atoms with E-state index < -0.39 is 29.5 Å². The number of thiophene rings is 1. The molecule has 3 unspecified atom stereocenters. The minimum absolute atomic E-state index is 0.0449. The second kappa shape index (κ2) is 9.82. The number of halogens is 1. The van der Waals surface area contributed by atoms with E-state index in [1.807, 2.05) is 48.7 Å². The summed E-state index contributed by atoms with van der Waals surface area (Å²) in [5.74, 6) is -3.42. The van der Waals surface area contributed by atoms with Crippen LogP contribution in [-0.4, -0.2) is 24.3 Å². The molecule has 2 aliphatic rings. The van der Waals surface area contributed by atoms with Gasteiger partial charge in [-0.2, -0.15) is 0 Å². The molecule has 1 amide bonds. The number of hydrogen-bond acceptors (Lipinski definition) is 5. The molecule has 184 valence electrons. The Morgan fingerprint density at radius 2 is 1.78 bits per heavy atom. The van der Waals surface area contributed by atoms with Crippen molar-refractivity contribution in [1.82, 2.24) is 0 Å². The van der Waals surface area contributed by atoms with Crippen molar-refractivity contribution in [1.29, 1.82) is 0 Å². The molecule has 0 bridgehead atoms. The van der Waals surface area contributed by atoms with E-state index in [2.05, 4.69) is 0 Å². The number of ether oxygens (including phenoxy) is 1. The van der Waals surface area contributed by atoms with Gasteiger partial charge in [0.05, 0.1) is 6.61 Å².